The maximum absolute atomic E-state index is 12.7. The molecule has 2 aliphatic heterocycles. The molecule has 0 saturated carbocycles. The second kappa shape index (κ2) is 7.70. The van der Waals surface area contributed by atoms with Crippen LogP contribution in [0.1, 0.15) is 30.4 Å². The first kappa shape index (κ1) is 19.2. The Kier molecular flexibility index (Phi) is 5.09. The van der Waals surface area contributed by atoms with E-state index in [0.29, 0.717) is 18.7 Å². The van der Waals surface area contributed by atoms with Crippen molar-refractivity contribution in [3.05, 3.63) is 53.6 Å². The molecule has 1 N–H and O–H groups in total. The first-order valence-electron chi connectivity index (χ1n) is 10.0. The minimum Gasteiger partial charge on any atom is -0.326 e. The van der Waals surface area contributed by atoms with Crippen LogP contribution in [0.2, 0.25) is 0 Å². The largest absolute Gasteiger partial charge is 0.326 e. The van der Waals surface area contributed by atoms with Crippen LogP contribution in [0.25, 0.3) is 0 Å². The quantitative estimate of drug-likeness (QED) is 0.868. The van der Waals surface area contributed by atoms with E-state index in [1.165, 1.54) is 0 Å². The molecule has 6 heteroatoms. The van der Waals surface area contributed by atoms with E-state index in [1.807, 2.05) is 56.3 Å². The number of anilines is 3. The van der Waals surface area contributed by atoms with Crippen LogP contribution in [0.5, 0.6) is 0 Å². The van der Waals surface area contributed by atoms with Gasteiger partial charge in [0.05, 0.1) is 5.92 Å². The summed E-state index contributed by atoms with van der Waals surface area (Å²) in [5.74, 6) is -0.431. The topological polar surface area (TPSA) is 69.7 Å². The fraction of sp³-hybridized carbons (Fsp3) is 0.348. The van der Waals surface area contributed by atoms with Crippen molar-refractivity contribution < 1.29 is 14.4 Å². The van der Waals surface area contributed by atoms with Crippen LogP contribution in [-0.4, -0.2) is 30.8 Å². The summed E-state index contributed by atoms with van der Waals surface area (Å²) in [4.78, 5) is 40.6. The molecular formula is C23H25N3O3. The van der Waals surface area contributed by atoms with Crippen molar-refractivity contribution in [2.75, 3.05) is 28.2 Å². The molecule has 2 aromatic rings. The molecule has 1 atom stereocenters. The van der Waals surface area contributed by atoms with E-state index in [4.69, 9.17) is 0 Å². The molecule has 0 spiro atoms. The number of rotatable bonds is 4. The Morgan fingerprint density at radius 2 is 1.76 bits per heavy atom. The first-order chi connectivity index (χ1) is 13.9. The van der Waals surface area contributed by atoms with Gasteiger partial charge in [0.1, 0.15) is 0 Å². The van der Waals surface area contributed by atoms with Crippen LogP contribution in [-0.2, 0) is 14.4 Å². The van der Waals surface area contributed by atoms with Gasteiger partial charge in [-0.05, 0) is 56.2 Å². The first-order valence-corrected chi connectivity index (χ1v) is 10.0. The summed E-state index contributed by atoms with van der Waals surface area (Å²) < 4.78 is 0. The van der Waals surface area contributed by atoms with E-state index in [1.54, 1.807) is 9.80 Å². The minimum absolute atomic E-state index is 0.0342. The highest BCUT2D eigenvalue weighted by Crippen LogP contribution is 2.29. The van der Waals surface area contributed by atoms with Crippen molar-refractivity contribution >= 4 is 34.8 Å². The van der Waals surface area contributed by atoms with E-state index in [9.17, 15) is 14.4 Å². The zero-order chi connectivity index (χ0) is 20.5. The van der Waals surface area contributed by atoms with Gasteiger partial charge in [0, 0.05) is 43.0 Å². The van der Waals surface area contributed by atoms with Gasteiger partial charge in [-0.1, -0.05) is 17.7 Å². The Hall–Kier alpha value is -3.15. The maximum atomic E-state index is 12.7. The van der Waals surface area contributed by atoms with Crippen LogP contribution in [0.3, 0.4) is 0 Å². The van der Waals surface area contributed by atoms with Gasteiger partial charge < -0.3 is 15.1 Å². The number of hydrogen-bond donors (Lipinski definition) is 1. The summed E-state index contributed by atoms with van der Waals surface area (Å²) in [5, 5.41) is 2.93. The van der Waals surface area contributed by atoms with Gasteiger partial charge in [0.25, 0.3) is 0 Å². The number of carbonyl (C=O) groups excluding carboxylic acids is 3. The van der Waals surface area contributed by atoms with Gasteiger partial charge in [-0.2, -0.15) is 0 Å². The summed E-state index contributed by atoms with van der Waals surface area (Å²) in [6.07, 6.45) is 1.67. The second-order valence-corrected chi connectivity index (χ2v) is 7.88. The molecule has 0 aliphatic carbocycles. The lowest BCUT2D eigenvalue weighted by Gasteiger charge is -2.19. The van der Waals surface area contributed by atoms with Gasteiger partial charge in [-0.15, -0.1) is 0 Å². The molecule has 2 fully saturated rings. The van der Waals surface area contributed by atoms with Gasteiger partial charge >= 0.3 is 0 Å². The number of nitrogens with one attached hydrogen (secondary N) is 1. The number of hydrogen-bond acceptors (Lipinski definition) is 3. The van der Waals surface area contributed by atoms with Crippen LogP contribution in [0.4, 0.5) is 17.1 Å². The average Bonchev–Trinajstić information content (AvgIpc) is 3.28. The molecule has 0 bridgehead atoms. The third-order valence-corrected chi connectivity index (χ3v) is 5.67. The van der Waals surface area contributed by atoms with Crippen molar-refractivity contribution in [1.29, 1.82) is 0 Å². The molecule has 0 unspecified atom stereocenters. The lowest BCUT2D eigenvalue weighted by molar-refractivity contribution is -0.122. The predicted molar refractivity (Wildman–Crippen MR) is 113 cm³/mol. The highest BCUT2D eigenvalue weighted by molar-refractivity contribution is 6.03. The summed E-state index contributed by atoms with van der Waals surface area (Å²) >= 11 is 0. The molecule has 3 amide bonds. The number of carbonyl (C=O) groups is 3. The SMILES string of the molecule is Cc1ccc(N2C[C@@H](C(=O)Nc3ccc(N4CCCC4=O)c(C)c3)CC2=O)cc1. The van der Waals surface area contributed by atoms with Crippen molar-refractivity contribution in [2.45, 2.75) is 33.1 Å². The van der Waals surface area contributed by atoms with Gasteiger partial charge in [-0.25, -0.2) is 0 Å². The minimum atomic E-state index is -0.385. The average molecular weight is 391 g/mol. The molecule has 2 heterocycles. The zero-order valence-electron chi connectivity index (χ0n) is 16.8. The fourth-order valence-electron chi connectivity index (χ4n) is 4.04. The monoisotopic (exact) mass is 391 g/mol. The van der Waals surface area contributed by atoms with Gasteiger partial charge in [0.2, 0.25) is 17.7 Å². The molecule has 6 nitrogen and oxygen atoms in total. The second-order valence-electron chi connectivity index (χ2n) is 7.88. The van der Waals surface area contributed by atoms with Crippen molar-refractivity contribution in [1.82, 2.24) is 0 Å². The van der Waals surface area contributed by atoms with Crippen LogP contribution < -0.4 is 15.1 Å². The zero-order valence-corrected chi connectivity index (χ0v) is 16.8. The third-order valence-electron chi connectivity index (χ3n) is 5.67. The number of benzene rings is 2. The Morgan fingerprint density at radius 3 is 2.41 bits per heavy atom. The smallest absolute Gasteiger partial charge is 0.229 e. The summed E-state index contributed by atoms with van der Waals surface area (Å²) in [5.41, 5.74) is 4.48. The van der Waals surface area contributed by atoms with Gasteiger partial charge in [0.15, 0.2) is 0 Å². The summed E-state index contributed by atoms with van der Waals surface area (Å²) in [6, 6.07) is 13.3. The Labute approximate surface area is 170 Å². The number of nitrogens with zero attached hydrogens (tertiary/aromatic N) is 2. The molecule has 2 aliphatic rings. The predicted octanol–water partition coefficient (Wildman–Crippen LogP) is 3.42. The van der Waals surface area contributed by atoms with Crippen molar-refractivity contribution in [3.8, 4) is 0 Å². The molecule has 2 aromatic carbocycles. The lowest BCUT2D eigenvalue weighted by Crippen LogP contribution is -2.28. The summed E-state index contributed by atoms with van der Waals surface area (Å²) in [6.45, 7) is 5.06. The third kappa shape index (κ3) is 3.88. The van der Waals surface area contributed by atoms with Crippen LogP contribution >= 0.6 is 0 Å². The Morgan fingerprint density at radius 1 is 1.00 bits per heavy atom. The maximum Gasteiger partial charge on any atom is 0.229 e. The van der Waals surface area contributed by atoms with E-state index in [-0.39, 0.29) is 30.1 Å². The van der Waals surface area contributed by atoms with Crippen LogP contribution in [0.15, 0.2) is 42.5 Å². The van der Waals surface area contributed by atoms with Crippen molar-refractivity contribution in [3.63, 3.8) is 0 Å². The highest BCUT2D eigenvalue weighted by Gasteiger charge is 2.35. The normalized spacial score (nSPS) is 19.2. The fourth-order valence-corrected chi connectivity index (χ4v) is 4.04. The lowest BCUT2D eigenvalue weighted by atomic mass is 10.1. The molecule has 0 aromatic heterocycles. The number of aryl methyl sites for hydroxylation is 2. The molecule has 2 saturated heterocycles. The highest BCUT2D eigenvalue weighted by atomic mass is 16.2. The summed E-state index contributed by atoms with van der Waals surface area (Å²) in [7, 11) is 0. The van der Waals surface area contributed by atoms with Crippen molar-refractivity contribution in [2.24, 2.45) is 5.92 Å². The Bertz CT molecular complexity index is 968. The molecule has 0 radical (unpaired) electrons. The molecule has 4 rings (SSSR count). The van der Waals surface area contributed by atoms with E-state index < -0.39 is 0 Å². The Balaban J connectivity index is 1.43. The number of amides is 3. The van der Waals surface area contributed by atoms with E-state index >= 15 is 0 Å². The van der Waals surface area contributed by atoms with E-state index in [2.05, 4.69) is 5.32 Å². The van der Waals surface area contributed by atoms with Gasteiger partial charge in [-0.3, -0.25) is 14.4 Å². The van der Waals surface area contributed by atoms with E-state index in [0.717, 1.165) is 35.5 Å². The molecular weight excluding hydrogens is 366 g/mol. The van der Waals surface area contributed by atoms with Crippen LogP contribution in [0, 0.1) is 19.8 Å². The molecule has 150 valence electrons. The molecule has 29 heavy (non-hydrogen) atoms. The standard InChI is InChI=1S/C23H25N3O3/c1-15-5-8-19(9-6-15)26-14-17(13-22(26)28)23(29)24-18-7-10-20(16(2)12-18)25-11-3-4-21(25)27/h5-10,12,17H,3-4,11,13-14H2,1-2H3,(H,24,29)/t17-/m0/s1.